The predicted octanol–water partition coefficient (Wildman–Crippen LogP) is 2.96. The summed E-state index contributed by atoms with van der Waals surface area (Å²) in [6, 6.07) is 5.92. The zero-order chi connectivity index (χ0) is 14.2. The summed E-state index contributed by atoms with van der Waals surface area (Å²) in [6.07, 6.45) is 0.956. The second kappa shape index (κ2) is 4.88. The molecule has 0 unspecified atom stereocenters. The molecule has 4 heteroatoms. The summed E-state index contributed by atoms with van der Waals surface area (Å²) in [7, 11) is 1.77. The largest absolute Gasteiger partial charge is 0.476 e. The lowest BCUT2D eigenvalue weighted by atomic mass is 9.96. The Morgan fingerprint density at radius 3 is 2.53 bits per heavy atom. The van der Waals surface area contributed by atoms with Gasteiger partial charge in [-0.25, -0.2) is 4.79 Å². The van der Waals surface area contributed by atoms with Gasteiger partial charge < -0.3 is 5.11 Å². The van der Waals surface area contributed by atoms with Crippen LogP contribution >= 0.6 is 0 Å². The lowest BCUT2D eigenvalue weighted by Gasteiger charge is -2.11. The van der Waals surface area contributed by atoms with Crippen LogP contribution in [0.25, 0.3) is 11.3 Å². The van der Waals surface area contributed by atoms with Gasteiger partial charge in [0.05, 0.1) is 5.69 Å². The van der Waals surface area contributed by atoms with Gasteiger partial charge in [-0.2, -0.15) is 5.10 Å². The van der Waals surface area contributed by atoms with Gasteiger partial charge in [0.1, 0.15) is 0 Å². The molecule has 0 saturated carbocycles. The number of hydrogen-bond donors (Lipinski definition) is 1. The Labute approximate surface area is 112 Å². The monoisotopic (exact) mass is 258 g/mol. The quantitative estimate of drug-likeness (QED) is 0.920. The van der Waals surface area contributed by atoms with Crippen molar-refractivity contribution >= 4 is 5.97 Å². The van der Waals surface area contributed by atoms with Crippen molar-refractivity contribution in [3.05, 3.63) is 40.6 Å². The Hall–Kier alpha value is -2.10. The fraction of sp³-hybridized carbons (Fsp3) is 0.333. The average molecular weight is 258 g/mol. The Morgan fingerprint density at radius 1 is 1.32 bits per heavy atom. The first kappa shape index (κ1) is 13.3. The molecule has 0 aliphatic carbocycles. The second-order valence-corrected chi connectivity index (χ2v) is 4.78. The smallest absolute Gasteiger partial charge is 0.356 e. The number of carbonyl (C=O) groups is 1. The fourth-order valence-corrected chi connectivity index (χ4v) is 2.23. The lowest BCUT2D eigenvalue weighted by molar-refractivity contribution is 0.0689. The van der Waals surface area contributed by atoms with Crippen LogP contribution in [0.15, 0.2) is 18.2 Å². The number of rotatable bonds is 3. The molecule has 0 aliphatic rings. The second-order valence-electron chi connectivity index (χ2n) is 4.78. The summed E-state index contributed by atoms with van der Waals surface area (Å²) in [5.74, 6) is -0.997. The van der Waals surface area contributed by atoms with Gasteiger partial charge in [0, 0.05) is 12.6 Å². The number of hydrogen-bond acceptors (Lipinski definition) is 2. The predicted molar refractivity (Wildman–Crippen MR) is 74.5 cm³/mol. The van der Waals surface area contributed by atoms with Crippen molar-refractivity contribution in [2.45, 2.75) is 27.2 Å². The van der Waals surface area contributed by atoms with Crippen LogP contribution in [-0.4, -0.2) is 20.9 Å². The maximum atomic E-state index is 11.0. The van der Waals surface area contributed by atoms with Gasteiger partial charge in [-0.05, 0) is 49.1 Å². The molecule has 4 nitrogen and oxygen atoms in total. The number of benzene rings is 1. The van der Waals surface area contributed by atoms with Gasteiger partial charge in [-0.15, -0.1) is 0 Å². The number of carboxylic acid groups (broad SMARTS) is 1. The van der Waals surface area contributed by atoms with E-state index in [0.29, 0.717) is 0 Å². The van der Waals surface area contributed by atoms with Crippen LogP contribution in [0, 0.1) is 13.8 Å². The first-order chi connectivity index (χ1) is 8.93. The molecule has 100 valence electrons. The average Bonchev–Trinajstić information content (AvgIpc) is 2.75. The zero-order valence-electron chi connectivity index (χ0n) is 11.7. The molecule has 0 bridgehead atoms. The van der Waals surface area contributed by atoms with Crippen molar-refractivity contribution in [1.82, 2.24) is 9.78 Å². The third kappa shape index (κ3) is 2.38. The number of aromatic nitrogens is 2. The van der Waals surface area contributed by atoms with Crippen molar-refractivity contribution in [3.63, 3.8) is 0 Å². The summed E-state index contributed by atoms with van der Waals surface area (Å²) in [5.41, 5.74) is 5.60. The number of aryl methyl sites for hydroxylation is 3. The number of aromatic carboxylic acids is 1. The molecule has 1 heterocycles. The van der Waals surface area contributed by atoms with E-state index in [4.69, 9.17) is 5.11 Å². The van der Waals surface area contributed by atoms with Gasteiger partial charge in [-0.3, -0.25) is 4.68 Å². The van der Waals surface area contributed by atoms with Crippen molar-refractivity contribution in [2.75, 3.05) is 0 Å². The molecule has 0 aliphatic heterocycles. The van der Waals surface area contributed by atoms with Gasteiger partial charge in [0.15, 0.2) is 5.69 Å². The summed E-state index contributed by atoms with van der Waals surface area (Å²) < 4.78 is 1.63. The molecule has 1 aromatic heterocycles. The van der Waals surface area contributed by atoms with Crippen molar-refractivity contribution in [3.8, 4) is 11.3 Å². The van der Waals surface area contributed by atoms with Gasteiger partial charge >= 0.3 is 5.97 Å². The van der Waals surface area contributed by atoms with Crippen molar-refractivity contribution in [2.24, 2.45) is 7.05 Å². The van der Waals surface area contributed by atoms with Crippen LogP contribution in [0.5, 0.6) is 0 Å². The molecule has 0 radical (unpaired) electrons. The first-order valence-corrected chi connectivity index (χ1v) is 6.31. The number of carboxylic acids is 1. The highest BCUT2D eigenvalue weighted by Gasteiger charge is 2.15. The molecule has 1 aromatic carbocycles. The standard InChI is InChI=1S/C15H18N2O2/c1-5-11-6-9(2)10(3)12(7-11)14-8-13(15(18)19)16-17(14)4/h6-8H,5H2,1-4H3,(H,18,19). The maximum Gasteiger partial charge on any atom is 0.356 e. The van der Waals surface area contributed by atoms with Crippen molar-refractivity contribution < 1.29 is 9.90 Å². The fourth-order valence-electron chi connectivity index (χ4n) is 2.23. The van der Waals surface area contributed by atoms with E-state index in [9.17, 15) is 4.79 Å². The van der Waals surface area contributed by atoms with Crippen LogP contribution in [0.3, 0.4) is 0 Å². The molecule has 0 saturated heterocycles. The molecule has 0 fully saturated rings. The molecule has 0 amide bonds. The van der Waals surface area contributed by atoms with Crippen LogP contribution < -0.4 is 0 Å². The van der Waals surface area contributed by atoms with E-state index in [1.807, 2.05) is 0 Å². The molecule has 0 spiro atoms. The summed E-state index contributed by atoms with van der Waals surface area (Å²) in [6.45, 7) is 6.24. The Morgan fingerprint density at radius 2 is 2.00 bits per heavy atom. The van der Waals surface area contributed by atoms with E-state index >= 15 is 0 Å². The highest BCUT2D eigenvalue weighted by molar-refractivity contribution is 5.87. The first-order valence-electron chi connectivity index (χ1n) is 6.31. The summed E-state index contributed by atoms with van der Waals surface area (Å²) >= 11 is 0. The van der Waals surface area contributed by atoms with E-state index in [1.54, 1.807) is 17.8 Å². The van der Waals surface area contributed by atoms with Gasteiger partial charge in [0.2, 0.25) is 0 Å². The molecule has 19 heavy (non-hydrogen) atoms. The third-order valence-corrected chi connectivity index (χ3v) is 3.51. The van der Waals surface area contributed by atoms with E-state index in [0.717, 1.165) is 23.2 Å². The Bertz CT molecular complexity index is 642. The van der Waals surface area contributed by atoms with E-state index < -0.39 is 5.97 Å². The minimum Gasteiger partial charge on any atom is -0.476 e. The molecular weight excluding hydrogens is 240 g/mol. The molecule has 2 aromatic rings. The Balaban J connectivity index is 2.64. The van der Waals surface area contributed by atoms with E-state index in [2.05, 4.69) is 38.0 Å². The van der Waals surface area contributed by atoms with Crippen LogP contribution in [0.2, 0.25) is 0 Å². The van der Waals surface area contributed by atoms with Gasteiger partial charge in [-0.1, -0.05) is 13.0 Å². The zero-order valence-corrected chi connectivity index (χ0v) is 11.7. The van der Waals surface area contributed by atoms with Crippen molar-refractivity contribution in [1.29, 1.82) is 0 Å². The van der Waals surface area contributed by atoms with Crippen LogP contribution in [0.1, 0.15) is 34.1 Å². The number of nitrogens with zero attached hydrogens (tertiary/aromatic N) is 2. The van der Waals surface area contributed by atoms with Crippen LogP contribution in [0.4, 0.5) is 0 Å². The van der Waals surface area contributed by atoms with Crippen LogP contribution in [-0.2, 0) is 13.5 Å². The maximum absolute atomic E-state index is 11.0. The summed E-state index contributed by atoms with van der Waals surface area (Å²) in [5, 5.41) is 13.0. The SMILES string of the molecule is CCc1cc(C)c(C)c(-c2cc(C(=O)O)nn2C)c1. The third-order valence-electron chi connectivity index (χ3n) is 3.51. The molecule has 0 atom stereocenters. The van der Waals surface area contributed by atoms with Gasteiger partial charge in [0.25, 0.3) is 0 Å². The normalized spacial score (nSPS) is 10.7. The molecule has 1 N–H and O–H groups in total. The highest BCUT2D eigenvalue weighted by atomic mass is 16.4. The molecular formula is C15H18N2O2. The topological polar surface area (TPSA) is 55.1 Å². The van der Waals surface area contributed by atoms with E-state index in [1.165, 1.54) is 11.1 Å². The molecule has 2 rings (SSSR count). The van der Waals surface area contributed by atoms with E-state index in [-0.39, 0.29) is 5.69 Å². The lowest BCUT2D eigenvalue weighted by Crippen LogP contribution is -2.00. The Kier molecular flexibility index (Phi) is 3.42. The highest BCUT2D eigenvalue weighted by Crippen LogP contribution is 2.27. The summed E-state index contributed by atoms with van der Waals surface area (Å²) in [4.78, 5) is 11.0. The minimum absolute atomic E-state index is 0.0801. The minimum atomic E-state index is -0.997.